The van der Waals surface area contributed by atoms with Crippen LogP contribution < -0.4 is 10.2 Å². The highest BCUT2D eigenvalue weighted by atomic mass is 35.5. The molecule has 0 aliphatic carbocycles. The van der Waals surface area contributed by atoms with Gasteiger partial charge in [0.1, 0.15) is 11.6 Å². The fourth-order valence-corrected chi connectivity index (χ4v) is 6.49. The van der Waals surface area contributed by atoms with E-state index >= 15 is 0 Å². The minimum absolute atomic E-state index is 0.0296. The van der Waals surface area contributed by atoms with Crippen molar-refractivity contribution in [2.24, 2.45) is 0 Å². The molecule has 0 radical (unpaired) electrons. The molecule has 1 aromatic heterocycles. The van der Waals surface area contributed by atoms with E-state index < -0.39 is 27.8 Å². The van der Waals surface area contributed by atoms with Crippen molar-refractivity contribution in [3.8, 4) is 0 Å². The van der Waals surface area contributed by atoms with Crippen molar-refractivity contribution in [2.45, 2.75) is 30.7 Å². The number of furan rings is 1. The predicted molar refractivity (Wildman–Crippen MR) is 155 cm³/mol. The molecule has 2 N–H and O–H groups in total. The van der Waals surface area contributed by atoms with Gasteiger partial charge in [-0.3, -0.25) is 9.59 Å². The Labute approximate surface area is 245 Å². The molecule has 1 aliphatic heterocycles. The molecule has 41 heavy (non-hydrogen) atoms. The van der Waals surface area contributed by atoms with Gasteiger partial charge in [0.2, 0.25) is 0 Å². The molecule has 2 heterocycles. The van der Waals surface area contributed by atoms with E-state index in [0.29, 0.717) is 40.9 Å². The smallest absolute Gasteiger partial charge is 0.326 e. The van der Waals surface area contributed by atoms with Crippen LogP contribution in [0.2, 0.25) is 10.0 Å². The lowest BCUT2D eigenvalue weighted by atomic mass is 10.0. The van der Waals surface area contributed by atoms with Crippen molar-refractivity contribution in [3.05, 3.63) is 93.2 Å². The van der Waals surface area contributed by atoms with Gasteiger partial charge >= 0.3 is 5.97 Å². The van der Waals surface area contributed by atoms with Crippen molar-refractivity contribution in [2.75, 3.05) is 17.2 Å². The summed E-state index contributed by atoms with van der Waals surface area (Å²) in [5.74, 6) is -2.52. The first kappa shape index (κ1) is 28.7. The summed E-state index contributed by atoms with van der Waals surface area (Å²) < 4.78 is 29.9. The highest BCUT2D eigenvalue weighted by Crippen LogP contribution is 2.40. The largest absolute Gasteiger partial charge is 0.480 e. The van der Waals surface area contributed by atoms with Gasteiger partial charge in [-0.05, 0) is 53.9 Å². The Kier molecular flexibility index (Phi) is 7.83. The number of nitrogens with zero attached hydrogens (tertiary/aromatic N) is 1. The average Bonchev–Trinajstić information content (AvgIpc) is 3.59. The number of benzene rings is 3. The molecule has 9 nitrogen and oxygen atoms in total. The van der Waals surface area contributed by atoms with Crippen LogP contribution in [0.25, 0.3) is 11.0 Å². The Bertz CT molecular complexity index is 1820. The molecule has 0 spiro atoms. The van der Waals surface area contributed by atoms with Gasteiger partial charge in [-0.1, -0.05) is 48.3 Å². The first-order valence-corrected chi connectivity index (χ1v) is 15.1. The third kappa shape index (κ3) is 5.55. The molecule has 4 aromatic rings. The molecule has 0 bridgehead atoms. The van der Waals surface area contributed by atoms with Crippen LogP contribution in [0.4, 0.5) is 5.69 Å². The molecule has 0 saturated carbocycles. The summed E-state index contributed by atoms with van der Waals surface area (Å²) in [7, 11) is -3.50. The molecule has 0 saturated heterocycles. The third-order valence-electron chi connectivity index (χ3n) is 7.03. The second-order valence-electron chi connectivity index (χ2n) is 9.54. The number of aliphatic carboxylic acids is 1. The molecule has 212 valence electrons. The van der Waals surface area contributed by atoms with E-state index in [0.717, 1.165) is 5.39 Å². The van der Waals surface area contributed by atoms with Gasteiger partial charge < -0.3 is 19.7 Å². The van der Waals surface area contributed by atoms with Crippen molar-refractivity contribution in [1.29, 1.82) is 0 Å². The van der Waals surface area contributed by atoms with Crippen LogP contribution in [0.3, 0.4) is 0 Å². The van der Waals surface area contributed by atoms with E-state index in [-0.39, 0.29) is 38.6 Å². The number of anilines is 1. The zero-order chi connectivity index (χ0) is 29.5. The Morgan fingerprint density at radius 3 is 2.61 bits per heavy atom. The Morgan fingerprint density at radius 2 is 1.88 bits per heavy atom. The molecule has 2 amide bonds. The first-order valence-electron chi connectivity index (χ1n) is 12.7. The summed E-state index contributed by atoms with van der Waals surface area (Å²) in [6, 6.07) is 12.9. The first-order chi connectivity index (χ1) is 19.5. The van der Waals surface area contributed by atoms with Gasteiger partial charge in [-0.15, -0.1) is 0 Å². The second-order valence-corrected chi connectivity index (χ2v) is 12.6. The standard InChI is InChI=1S/C29H24Cl2N2O7S/c1-2-41(38,39)19-5-3-4-16(12-19)13-22(29(36)37)32-27(34)25-21(30)15-23-20(26(25)31)8-10-33(23)28(35)18-7-6-17-9-11-40-24(17)14-18/h3-7,9,11-12,14-15,22H,2,8,10,13H2,1H3,(H,32,34)(H,36,37). The summed E-state index contributed by atoms with van der Waals surface area (Å²) in [6.07, 6.45) is 1.73. The van der Waals surface area contributed by atoms with Crippen LogP contribution in [0, 0.1) is 0 Å². The zero-order valence-corrected chi connectivity index (χ0v) is 24.0. The number of hydrogen-bond donors (Lipinski definition) is 2. The van der Waals surface area contributed by atoms with E-state index in [1.165, 1.54) is 36.1 Å². The van der Waals surface area contributed by atoms with Crippen LogP contribution in [-0.2, 0) is 27.5 Å². The highest BCUT2D eigenvalue weighted by molar-refractivity contribution is 7.91. The second kappa shape index (κ2) is 11.2. The number of amides is 2. The fourth-order valence-electron chi connectivity index (χ4n) is 4.83. The predicted octanol–water partition coefficient (Wildman–Crippen LogP) is 5.16. The summed E-state index contributed by atoms with van der Waals surface area (Å²) >= 11 is 13.1. The third-order valence-corrected chi connectivity index (χ3v) is 9.48. The molecule has 5 rings (SSSR count). The number of fused-ring (bicyclic) bond motifs is 2. The number of halogens is 2. The van der Waals surface area contributed by atoms with Crippen molar-refractivity contribution in [1.82, 2.24) is 5.32 Å². The normalized spacial score (nSPS) is 13.7. The number of nitrogens with one attached hydrogen (secondary N) is 1. The lowest BCUT2D eigenvalue weighted by Crippen LogP contribution is -2.42. The van der Waals surface area contributed by atoms with E-state index in [1.807, 2.05) is 0 Å². The van der Waals surface area contributed by atoms with Crippen molar-refractivity contribution < 1.29 is 32.3 Å². The van der Waals surface area contributed by atoms with Gasteiger partial charge in [0.25, 0.3) is 11.8 Å². The maximum Gasteiger partial charge on any atom is 0.326 e. The monoisotopic (exact) mass is 614 g/mol. The molecular weight excluding hydrogens is 591 g/mol. The van der Waals surface area contributed by atoms with Gasteiger partial charge in [0, 0.05) is 23.9 Å². The van der Waals surface area contributed by atoms with Crippen molar-refractivity contribution >= 4 is 67.5 Å². The minimum Gasteiger partial charge on any atom is -0.480 e. The molecule has 1 aliphatic rings. The Hall–Kier alpha value is -3.86. The molecule has 12 heteroatoms. The number of carbonyl (C=O) groups excluding carboxylic acids is 2. The Balaban J connectivity index is 1.39. The van der Waals surface area contributed by atoms with Crippen LogP contribution in [0.1, 0.15) is 38.8 Å². The SMILES string of the molecule is CCS(=O)(=O)c1cccc(CC(NC(=O)c2c(Cl)cc3c(c2Cl)CCN3C(=O)c2ccc3ccoc3c2)C(=O)O)c1. The number of hydrogen-bond acceptors (Lipinski definition) is 6. The van der Waals surface area contributed by atoms with Crippen molar-refractivity contribution in [3.63, 3.8) is 0 Å². The molecule has 1 atom stereocenters. The summed E-state index contributed by atoms with van der Waals surface area (Å²) in [5.41, 5.74) is 2.30. The molecule has 3 aromatic carbocycles. The Morgan fingerprint density at radius 1 is 1.10 bits per heavy atom. The molecule has 1 unspecified atom stereocenters. The van der Waals surface area contributed by atoms with Crippen LogP contribution >= 0.6 is 23.2 Å². The van der Waals surface area contributed by atoms with E-state index in [4.69, 9.17) is 27.6 Å². The number of carboxylic acids is 1. The lowest BCUT2D eigenvalue weighted by Gasteiger charge is -2.20. The highest BCUT2D eigenvalue weighted by Gasteiger charge is 2.32. The van der Waals surface area contributed by atoms with E-state index in [2.05, 4.69) is 5.32 Å². The van der Waals surface area contributed by atoms with Gasteiger partial charge in [-0.2, -0.15) is 0 Å². The zero-order valence-electron chi connectivity index (χ0n) is 21.7. The number of rotatable bonds is 8. The maximum absolute atomic E-state index is 13.3. The van der Waals surface area contributed by atoms with Gasteiger partial charge in [0.15, 0.2) is 9.84 Å². The quantitative estimate of drug-likeness (QED) is 0.280. The number of sulfone groups is 1. The molecular formula is C29H24Cl2N2O7S. The fraction of sp³-hybridized carbons (Fsp3) is 0.207. The number of carbonyl (C=O) groups is 3. The van der Waals surface area contributed by atoms with Gasteiger partial charge in [-0.25, -0.2) is 13.2 Å². The van der Waals surface area contributed by atoms with Crippen LogP contribution in [0.15, 0.2) is 70.2 Å². The lowest BCUT2D eigenvalue weighted by molar-refractivity contribution is -0.139. The van der Waals surface area contributed by atoms with Crippen LogP contribution in [0.5, 0.6) is 0 Å². The van der Waals surface area contributed by atoms with E-state index in [9.17, 15) is 27.9 Å². The average molecular weight is 615 g/mol. The maximum atomic E-state index is 13.3. The van der Waals surface area contributed by atoms with Gasteiger partial charge in [0.05, 0.1) is 38.2 Å². The molecule has 0 fully saturated rings. The topological polar surface area (TPSA) is 134 Å². The van der Waals surface area contributed by atoms with E-state index in [1.54, 1.807) is 36.6 Å². The van der Waals surface area contributed by atoms with Crippen LogP contribution in [-0.4, -0.2) is 49.6 Å². The summed E-state index contributed by atoms with van der Waals surface area (Å²) in [5, 5.41) is 13.1. The minimum atomic E-state index is -3.50. The summed E-state index contributed by atoms with van der Waals surface area (Å²) in [4.78, 5) is 40.2. The number of carboxylic acid groups (broad SMARTS) is 1. The summed E-state index contributed by atoms with van der Waals surface area (Å²) in [6.45, 7) is 1.82.